The molecule has 2 aromatic heterocycles. The van der Waals surface area contributed by atoms with E-state index in [1.165, 1.54) is 37.7 Å². The Morgan fingerprint density at radius 2 is 1.93 bits per heavy atom. The minimum Gasteiger partial charge on any atom is -0.493 e. The fourth-order valence-electron chi connectivity index (χ4n) is 2.43. The van der Waals surface area contributed by atoms with E-state index in [2.05, 4.69) is 14.7 Å². The molecule has 7 nitrogen and oxygen atoms in total. The van der Waals surface area contributed by atoms with Crippen LogP contribution in [-0.4, -0.2) is 32.6 Å². The molecule has 9 heteroatoms. The Morgan fingerprint density at radius 3 is 2.59 bits per heavy atom. The SMILES string of the molecule is COc1ccc(S(=O)(=O)NCc2sc(-c3cccnc3)nc2C)cc1OC. The van der Waals surface area contributed by atoms with Crippen LogP contribution in [-0.2, 0) is 16.6 Å². The number of hydrogen-bond donors (Lipinski definition) is 1. The van der Waals surface area contributed by atoms with Gasteiger partial charge in [0, 0.05) is 35.4 Å². The van der Waals surface area contributed by atoms with Crippen molar-refractivity contribution in [2.75, 3.05) is 14.2 Å². The molecule has 1 N–H and O–H groups in total. The van der Waals surface area contributed by atoms with Gasteiger partial charge in [0.05, 0.1) is 24.8 Å². The molecule has 0 unspecified atom stereocenters. The van der Waals surface area contributed by atoms with Gasteiger partial charge in [0.25, 0.3) is 0 Å². The lowest BCUT2D eigenvalue weighted by atomic mass is 10.3. The number of sulfonamides is 1. The third-order valence-electron chi connectivity index (χ3n) is 3.89. The summed E-state index contributed by atoms with van der Waals surface area (Å²) < 4.78 is 38.2. The highest BCUT2D eigenvalue weighted by molar-refractivity contribution is 7.89. The number of pyridine rings is 1. The summed E-state index contributed by atoms with van der Waals surface area (Å²) in [6, 6.07) is 8.23. The topological polar surface area (TPSA) is 90.4 Å². The smallest absolute Gasteiger partial charge is 0.241 e. The lowest BCUT2D eigenvalue weighted by Crippen LogP contribution is -2.23. The predicted molar refractivity (Wildman–Crippen MR) is 104 cm³/mol. The second-order valence-electron chi connectivity index (χ2n) is 5.61. The summed E-state index contributed by atoms with van der Waals surface area (Å²) >= 11 is 1.44. The van der Waals surface area contributed by atoms with E-state index < -0.39 is 10.0 Å². The Labute approximate surface area is 162 Å². The van der Waals surface area contributed by atoms with E-state index in [4.69, 9.17) is 9.47 Å². The van der Waals surface area contributed by atoms with Gasteiger partial charge in [-0.2, -0.15) is 0 Å². The van der Waals surface area contributed by atoms with Crippen molar-refractivity contribution < 1.29 is 17.9 Å². The summed E-state index contributed by atoms with van der Waals surface area (Å²) in [6.45, 7) is 2.01. The van der Waals surface area contributed by atoms with E-state index in [9.17, 15) is 8.42 Å². The van der Waals surface area contributed by atoms with Crippen LogP contribution in [0.2, 0.25) is 0 Å². The number of rotatable bonds is 7. The molecule has 27 heavy (non-hydrogen) atoms. The summed E-state index contributed by atoms with van der Waals surface area (Å²) in [5.74, 6) is 0.823. The molecule has 2 heterocycles. The van der Waals surface area contributed by atoms with Gasteiger partial charge in [0.2, 0.25) is 10.0 Å². The Hall–Kier alpha value is -2.49. The van der Waals surface area contributed by atoms with Crippen LogP contribution in [0.25, 0.3) is 10.6 Å². The second kappa shape index (κ2) is 8.03. The van der Waals surface area contributed by atoms with Crippen molar-refractivity contribution in [1.82, 2.24) is 14.7 Å². The first-order valence-corrected chi connectivity index (χ1v) is 10.3. The van der Waals surface area contributed by atoms with Crippen LogP contribution in [0.1, 0.15) is 10.6 Å². The number of aromatic nitrogens is 2. The third kappa shape index (κ3) is 4.26. The standard InChI is InChI=1S/C18H19N3O4S2/c1-12-17(26-18(21-12)13-5-4-8-19-10-13)11-20-27(22,23)14-6-7-15(24-2)16(9-14)25-3/h4-10,20H,11H2,1-3H3. The Kier molecular flexibility index (Phi) is 5.73. The van der Waals surface area contributed by atoms with Crippen molar-refractivity contribution in [2.45, 2.75) is 18.4 Å². The zero-order chi connectivity index (χ0) is 19.4. The number of aryl methyl sites for hydroxylation is 1. The Morgan fingerprint density at radius 1 is 1.15 bits per heavy atom. The number of methoxy groups -OCH3 is 2. The van der Waals surface area contributed by atoms with Gasteiger partial charge >= 0.3 is 0 Å². The van der Waals surface area contributed by atoms with Gasteiger partial charge in [0.1, 0.15) is 5.01 Å². The molecule has 1 aromatic carbocycles. The molecule has 0 amide bonds. The molecule has 0 saturated carbocycles. The summed E-state index contributed by atoms with van der Waals surface area (Å²) in [5.41, 5.74) is 1.69. The van der Waals surface area contributed by atoms with E-state index in [1.54, 1.807) is 18.5 Å². The number of thiazole rings is 1. The second-order valence-corrected chi connectivity index (χ2v) is 8.46. The van der Waals surface area contributed by atoms with Crippen LogP contribution in [0.3, 0.4) is 0 Å². The van der Waals surface area contributed by atoms with Crippen LogP contribution >= 0.6 is 11.3 Å². The highest BCUT2D eigenvalue weighted by Crippen LogP contribution is 2.30. The maximum atomic E-state index is 12.6. The molecule has 0 saturated heterocycles. The van der Waals surface area contributed by atoms with E-state index in [0.29, 0.717) is 11.5 Å². The van der Waals surface area contributed by atoms with E-state index in [0.717, 1.165) is 21.1 Å². The van der Waals surface area contributed by atoms with Crippen molar-refractivity contribution in [1.29, 1.82) is 0 Å². The monoisotopic (exact) mass is 405 g/mol. The predicted octanol–water partition coefficient (Wildman–Crippen LogP) is 3.01. The molecule has 3 rings (SSSR count). The third-order valence-corrected chi connectivity index (χ3v) is 6.49. The molecule has 0 fully saturated rings. The summed E-state index contributed by atoms with van der Waals surface area (Å²) in [7, 11) is -0.750. The van der Waals surface area contributed by atoms with Crippen LogP contribution in [0.15, 0.2) is 47.6 Å². The van der Waals surface area contributed by atoms with Gasteiger partial charge in [-0.1, -0.05) is 0 Å². The normalized spacial score (nSPS) is 11.4. The zero-order valence-corrected chi connectivity index (χ0v) is 16.7. The van der Waals surface area contributed by atoms with Crippen LogP contribution in [0.4, 0.5) is 0 Å². The Bertz CT molecular complexity index is 1030. The van der Waals surface area contributed by atoms with Crippen LogP contribution in [0, 0.1) is 6.92 Å². The van der Waals surface area contributed by atoms with Crippen LogP contribution in [0.5, 0.6) is 11.5 Å². The van der Waals surface area contributed by atoms with Gasteiger partial charge in [-0.15, -0.1) is 11.3 Å². The average molecular weight is 406 g/mol. The highest BCUT2D eigenvalue weighted by Gasteiger charge is 2.18. The summed E-state index contributed by atoms with van der Waals surface area (Å²) in [4.78, 5) is 9.55. The van der Waals surface area contributed by atoms with Gasteiger partial charge in [-0.25, -0.2) is 18.1 Å². The molecule has 0 radical (unpaired) electrons. The number of nitrogens with zero attached hydrogens (tertiary/aromatic N) is 2. The molecule has 0 aliphatic heterocycles. The largest absolute Gasteiger partial charge is 0.493 e. The quantitative estimate of drug-likeness (QED) is 0.650. The lowest BCUT2D eigenvalue weighted by molar-refractivity contribution is 0.354. The number of hydrogen-bond acceptors (Lipinski definition) is 7. The summed E-state index contributed by atoms with van der Waals surface area (Å²) in [5, 5.41) is 0.806. The number of benzene rings is 1. The first kappa shape index (κ1) is 19.3. The van der Waals surface area contributed by atoms with Crippen LogP contribution < -0.4 is 14.2 Å². The summed E-state index contributed by atoms with van der Waals surface area (Å²) in [6.07, 6.45) is 3.43. The van der Waals surface area contributed by atoms with Gasteiger partial charge < -0.3 is 9.47 Å². The fourth-order valence-corrected chi connectivity index (χ4v) is 4.53. The molecule has 0 bridgehead atoms. The molecule has 0 atom stereocenters. The Balaban J connectivity index is 1.79. The van der Waals surface area contributed by atoms with E-state index in [-0.39, 0.29) is 11.4 Å². The fraction of sp³-hybridized carbons (Fsp3) is 0.222. The lowest BCUT2D eigenvalue weighted by Gasteiger charge is -2.10. The maximum absolute atomic E-state index is 12.6. The van der Waals surface area contributed by atoms with Gasteiger partial charge in [-0.05, 0) is 31.2 Å². The van der Waals surface area contributed by atoms with Crippen molar-refractivity contribution in [3.8, 4) is 22.1 Å². The zero-order valence-electron chi connectivity index (χ0n) is 15.1. The van der Waals surface area contributed by atoms with E-state index >= 15 is 0 Å². The maximum Gasteiger partial charge on any atom is 0.241 e. The molecule has 3 aromatic rings. The number of nitrogens with one attached hydrogen (secondary N) is 1. The first-order chi connectivity index (χ1) is 12.9. The van der Waals surface area contributed by atoms with Gasteiger partial charge in [0.15, 0.2) is 11.5 Å². The van der Waals surface area contributed by atoms with Gasteiger partial charge in [-0.3, -0.25) is 4.98 Å². The molecule has 0 spiro atoms. The number of ether oxygens (including phenoxy) is 2. The molecular formula is C18H19N3O4S2. The molecule has 0 aliphatic carbocycles. The molecular weight excluding hydrogens is 386 g/mol. The van der Waals surface area contributed by atoms with Crippen molar-refractivity contribution in [3.05, 3.63) is 53.3 Å². The van der Waals surface area contributed by atoms with Crippen molar-refractivity contribution in [3.63, 3.8) is 0 Å². The van der Waals surface area contributed by atoms with E-state index in [1.807, 2.05) is 19.1 Å². The van der Waals surface area contributed by atoms with Crippen molar-refractivity contribution >= 4 is 21.4 Å². The highest BCUT2D eigenvalue weighted by atomic mass is 32.2. The molecule has 0 aliphatic rings. The minimum atomic E-state index is -3.71. The molecule has 142 valence electrons. The first-order valence-electron chi connectivity index (χ1n) is 8.03. The minimum absolute atomic E-state index is 0.106. The van der Waals surface area contributed by atoms with Crippen molar-refractivity contribution in [2.24, 2.45) is 0 Å². The average Bonchev–Trinajstić information content (AvgIpc) is 3.07.